The highest BCUT2D eigenvalue weighted by molar-refractivity contribution is 7.99. The molecule has 0 bridgehead atoms. The molecule has 0 spiro atoms. The molecule has 0 aliphatic rings. The number of halogens is 1. The van der Waals surface area contributed by atoms with Gasteiger partial charge in [-0.3, -0.25) is 0 Å². The van der Waals surface area contributed by atoms with Gasteiger partial charge in [-0.15, -0.1) is 6.58 Å². The molecule has 0 aromatic heterocycles. The van der Waals surface area contributed by atoms with Crippen LogP contribution in [0.3, 0.4) is 0 Å². The molecule has 1 atom stereocenters. The van der Waals surface area contributed by atoms with E-state index in [9.17, 15) is 4.39 Å². The SMILES string of the molecule is C=CCSCCNC(C)c1ccc(F)cc1. The summed E-state index contributed by atoms with van der Waals surface area (Å²) in [7, 11) is 0. The van der Waals surface area contributed by atoms with Crippen LogP contribution >= 0.6 is 11.8 Å². The zero-order chi connectivity index (χ0) is 11.8. The van der Waals surface area contributed by atoms with E-state index in [1.807, 2.05) is 30.0 Å². The van der Waals surface area contributed by atoms with E-state index in [4.69, 9.17) is 0 Å². The largest absolute Gasteiger partial charge is 0.309 e. The molecule has 1 aromatic carbocycles. The van der Waals surface area contributed by atoms with E-state index in [0.29, 0.717) is 0 Å². The lowest BCUT2D eigenvalue weighted by atomic mass is 10.1. The number of benzene rings is 1. The highest BCUT2D eigenvalue weighted by atomic mass is 32.2. The molecule has 3 heteroatoms. The normalized spacial score (nSPS) is 12.4. The Morgan fingerprint density at radius 2 is 2.12 bits per heavy atom. The Morgan fingerprint density at radius 1 is 1.44 bits per heavy atom. The summed E-state index contributed by atoms with van der Waals surface area (Å²) in [6, 6.07) is 6.92. The van der Waals surface area contributed by atoms with Gasteiger partial charge < -0.3 is 5.32 Å². The van der Waals surface area contributed by atoms with Gasteiger partial charge in [-0.05, 0) is 24.6 Å². The Labute approximate surface area is 101 Å². The third kappa shape index (κ3) is 4.81. The van der Waals surface area contributed by atoms with Crippen LogP contribution in [0.1, 0.15) is 18.5 Å². The van der Waals surface area contributed by atoms with E-state index in [2.05, 4.69) is 18.8 Å². The van der Waals surface area contributed by atoms with Gasteiger partial charge in [-0.2, -0.15) is 11.8 Å². The van der Waals surface area contributed by atoms with Crippen molar-refractivity contribution in [3.63, 3.8) is 0 Å². The fourth-order valence-electron chi connectivity index (χ4n) is 1.38. The van der Waals surface area contributed by atoms with Crippen molar-refractivity contribution in [3.8, 4) is 0 Å². The quantitative estimate of drug-likeness (QED) is 0.578. The van der Waals surface area contributed by atoms with Crippen LogP contribution in [-0.4, -0.2) is 18.1 Å². The van der Waals surface area contributed by atoms with Crippen molar-refractivity contribution in [2.75, 3.05) is 18.1 Å². The van der Waals surface area contributed by atoms with Crippen LogP contribution in [-0.2, 0) is 0 Å². The minimum absolute atomic E-state index is 0.183. The van der Waals surface area contributed by atoms with Crippen LogP contribution in [0.4, 0.5) is 4.39 Å². The molecular formula is C13H18FNS. The van der Waals surface area contributed by atoms with Gasteiger partial charge >= 0.3 is 0 Å². The number of hydrogen-bond donors (Lipinski definition) is 1. The molecular weight excluding hydrogens is 221 g/mol. The van der Waals surface area contributed by atoms with Crippen molar-refractivity contribution in [1.82, 2.24) is 5.32 Å². The highest BCUT2D eigenvalue weighted by Gasteiger charge is 2.03. The second-order valence-corrected chi connectivity index (χ2v) is 4.74. The molecule has 0 heterocycles. The van der Waals surface area contributed by atoms with Crippen LogP contribution in [0, 0.1) is 5.82 Å². The van der Waals surface area contributed by atoms with E-state index < -0.39 is 0 Å². The Bertz CT molecular complexity index is 310. The molecule has 0 amide bonds. The average molecular weight is 239 g/mol. The molecule has 1 nitrogen and oxygen atoms in total. The number of hydrogen-bond acceptors (Lipinski definition) is 2. The Hall–Kier alpha value is -0.800. The van der Waals surface area contributed by atoms with E-state index in [1.54, 1.807) is 0 Å². The first-order valence-corrected chi connectivity index (χ1v) is 6.57. The molecule has 0 saturated carbocycles. The van der Waals surface area contributed by atoms with Gasteiger partial charge in [-0.25, -0.2) is 4.39 Å². The smallest absolute Gasteiger partial charge is 0.123 e. The van der Waals surface area contributed by atoms with Crippen LogP contribution in [0.15, 0.2) is 36.9 Å². The maximum atomic E-state index is 12.7. The maximum Gasteiger partial charge on any atom is 0.123 e. The predicted molar refractivity (Wildman–Crippen MR) is 70.3 cm³/mol. The topological polar surface area (TPSA) is 12.0 Å². The van der Waals surface area contributed by atoms with E-state index in [1.165, 1.54) is 12.1 Å². The molecule has 0 radical (unpaired) electrons. The third-order valence-corrected chi connectivity index (χ3v) is 3.27. The fourth-order valence-corrected chi connectivity index (χ4v) is 1.98. The van der Waals surface area contributed by atoms with Crippen molar-refractivity contribution < 1.29 is 4.39 Å². The lowest BCUT2D eigenvalue weighted by Crippen LogP contribution is -2.21. The van der Waals surface area contributed by atoms with E-state index >= 15 is 0 Å². The second-order valence-electron chi connectivity index (χ2n) is 3.59. The molecule has 16 heavy (non-hydrogen) atoms. The summed E-state index contributed by atoms with van der Waals surface area (Å²) in [5.41, 5.74) is 1.12. The van der Waals surface area contributed by atoms with Crippen molar-refractivity contribution in [2.45, 2.75) is 13.0 Å². The summed E-state index contributed by atoms with van der Waals surface area (Å²) in [6.45, 7) is 6.72. The molecule has 0 aliphatic carbocycles. The summed E-state index contributed by atoms with van der Waals surface area (Å²) in [5.74, 6) is 1.88. The van der Waals surface area contributed by atoms with Crippen LogP contribution in [0.25, 0.3) is 0 Å². The Morgan fingerprint density at radius 3 is 2.75 bits per heavy atom. The molecule has 0 fully saturated rings. The van der Waals surface area contributed by atoms with Crippen LogP contribution < -0.4 is 5.32 Å². The summed E-state index contributed by atoms with van der Waals surface area (Å²) in [4.78, 5) is 0. The zero-order valence-electron chi connectivity index (χ0n) is 9.58. The first kappa shape index (κ1) is 13.3. The fraction of sp³-hybridized carbons (Fsp3) is 0.385. The van der Waals surface area contributed by atoms with Gasteiger partial charge in [0.25, 0.3) is 0 Å². The van der Waals surface area contributed by atoms with Gasteiger partial charge in [0.2, 0.25) is 0 Å². The van der Waals surface area contributed by atoms with Crippen LogP contribution in [0.2, 0.25) is 0 Å². The number of rotatable bonds is 7. The summed E-state index contributed by atoms with van der Waals surface area (Å²) in [5, 5.41) is 3.40. The van der Waals surface area contributed by atoms with E-state index in [-0.39, 0.29) is 11.9 Å². The van der Waals surface area contributed by atoms with Crippen molar-refractivity contribution in [1.29, 1.82) is 0 Å². The number of thioether (sulfide) groups is 1. The van der Waals surface area contributed by atoms with Gasteiger partial charge in [-0.1, -0.05) is 18.2 Å². The minimum Gasteiger partial charge on any atom is -0.309 e. The highest BCUT2D eigenvalue weighted by Crippen LogP contribution is 2.12. The standard InChI is InChI=1S/C13H18FNS/c1-3-9-16-10-8-15-11(2)12-4-6-13(14)7-5-12/h3-7,11,15H,1,8-10H2,2H3. The molecule has 1 aromatic rings. The van der Waals surface area contributed by atoms with E-state index in [0.717, 1.165) is 23.6 Å². The van der Waals surface area contributed by atoms with Crippen molar-refractivity contribution in [2.24, 2.45) is 0 Å². The third-order valence-electron chi connectivity index (χ3n) is 2.30. The van der Waals surface area contributed by atoms with Gasteiger partial charge in [0, 0.05) is 24.1 Å². The van der Waals surface area contributed by atoms with Gasteiger partial charge in [0.1, 0.15) is 5.82 Å². The second kappa shape index (κ2) is 7.47. The molecule has 0 saturated heterocycles. The van der Waals surface area contributed by atoms with Gasteiger partial charge in [0.05, 0.1) is 0 Å². The lowest BCUT2D eigenvalue weighted by molar-refractivity contribution is 0.594. The first-order chi connectivity index (χ1) is 7.74. The Kier molecular flexibility index (Phi) is 6.19. The minimum atomic E-state index is -0.183. The predicted octanol–water partition coefficient (Wildman–Crippen LogP) is 3.40. The number of nitrogens with one attached hydrogen (secondary N) is 1. The summed E-state index contributed by atoms with van der Waals surface area (Å²) in [6.07, 6.45) is 1.91. The van der Waals surface area contributed by atoms with Crippen molar-refractivity contribution in [3.05, 3.63) is 48.3 Å². The lowest BCUT2D eigenvalue weighted by Gasteiger charge is -2.13. The first-order valence-electron chi connectivity index (χ1n) is 5.41. The maximum absolute atomic E-state index is 12.7. The van der Waals surface area contributed by atoms with Crippen LogP contribution in [0.5, 0.6) is 0 Å². The molecule has 1 unspecified atom stereocenters. The molecule has 0 aliphatic heterocycles. The average Bonchev–Trinajstić information content (AvgIpc) is 2.29. The Balaban J connectivity index is 2.26. The van der Waals surface area contributed by atoms with Crippen molar-refractivity contribution >= 4 is 11.8 Å². The van der Waals surface area contributed by atoms with Gasteiger partial charge in [0.15, 0.2) is 0 Å². The summed E-state index contributed by atoms with van der Waals surface area (Å²) < 4.78 is 12.7. The monoisotopic (exact) mass is 239 g/mol. The molecule has 1 N–H and O–H groups in total. The molecule has 1 rings (SSSR count). The molecule has 88 valence electrons. The zero-order valence-corrected chi connectivity index (χ0v) is 10.4. The summed E-state index contributed by atoms with van der Waals surface area (Å²) >= 11 is 1.85.